The molecule has 2 atom stereocenters. The SMILES string of the molecule is Cc1ccc([C@H](NC(=O)CN2CCN(C[C@H](C)O)CC2)C2CC2)cc1. The Balaban J connectivity index is 1.49. The lowest BCUT2D eigenvalue weighted by Crippen LogP contribution is -2.51. The van der Waals surface area contributed by atoms with Crippen LogP contribution in [0.2, 0.25) is 0 Å². The van der Waals surface area contributed by atoms with E-state index in [4.69, 9.17) is 0 Å². The van der Waals surface area contributed by atoms with Crippen LogP contribution in [0.25, 0.3) is 0 Å². The van der Waals surface area contributed by atoms with E-state index in [2.05, 4.69) is 46.3 Å². The van der Waals surface area contributed by atoms with Crippen LogP contribution in [0.4, 0.5) is 0 Å². The molecule has 1 saturated carbocycles. The second-order valence-corrected chi connectivity index (χ2v) is 7.72. The molecule has 1 saturated heterocycles. The summed E-state index contributed by atoms with van der Waals surface area (Å²) in [6.07, 6.45) is 2.12. The van der Waals surface area contributed by atoms with Gasteiger partial charge in [-0.3, -0.25) is 14.6 Å². The summed E-state index contributed by atoms with van der Waals surface area (Å²) in [5.74, 6) is 0.719. The maximum atomic E-state index is 12.5. The lowest BCUT2D eigenvalue weighted by atomic mass is 10.0. The van der Waals surface area contributed by atoms with Crippen LogP contribution in [0.3, 0.4) is 0 Å². The van der Waals surface area contributed by atoms with Gasteiger partial charge in [-0.2, -0.15) is 0 Å². The van der Waals surface area contributed by atoms with Crippen molar-refractivity contribution in [3.05, 3.63) is 35.4 Å². The van der Waals surface area contributed by atoms with Gasteiger partial charge in [-0.05, 0) is 38.2 Å². The minimum Gasteiger partial charge on any atom is -0.392 e. The predicted molar refractivity (Wildman–Crippen MR) is 99.3 cm³/mol. The molecule has 0 radical (unpaired) electrons. The van der Waals surface area contributed by atoms with Crippen molar-refractivity contribution < 1.29 is 9.90 Å². The number of nitrogens with zero attached hydrogens (tertiary/aromatic N) is 2. The summed E-state index contributed by atoms with van der Waals surface area (Å²) in [6.45, 7) is 8.71. The second kappa shape index (κ2) is 8.30. The van der Waals surface area contributed by atoms with Crippen molar-refractivity contribution in [2.45, 2.75) is 38.8 Å². The standard InChI is InChI=1S/C20H31N3O2/c1-15-3-5-17(6-4-15)20(18-7-8-18)21-19(25)14-23-11-9-22(10-12-23)13-16(2)24/h3-6,16,18,20,24H,7-14H2,1-2H3,(H,21,25)/t16-,20-/m0/s1. The van der Waals surface area contributed by atoms with E-state index in [9.17, 15) is 9.90 Å². The van der Waals surface area contributed by atoms with Crippen molar-refractivity contribution in [2.75, 3.05) is 39.3 Å². The van der Waals surface area contributed by atoms with Crippen LogP contribution in [0.15, 0.2) is 24.3 Å². The van der Waals surface area contributed by atoms with Gasteiger partial charge in [0.1, 0.15) is 0 Å². The lowest BCUT2D eigenvalue weighted by Gasteiger charge is -2.35. The maximum Gasteiger partial charge on any atom is 0.234 e. The molecule has 0 aromatic heterocycles. The Bertz CT molecular complexity index is 561. The maximum absolute atomic E-state index is 12.5. The topological polar surface area (TPSA) is 55.8 Å². The number of aryl methyl sites for hydroxylation is 1. The zero-order valence-corrected chi connectivity index (χ0v) is 15.4. The van der Waals surface area contributed by atoms with Crippen LogP contribution in [-0.4, -0.2) is 66.2 Å². The van der Waals surface area contributed by atoms with Gasteiger partial charge in [0, 0.05) is 32.7 Å². The lowest BCUT2D eigenvalue weighted by molar-refractivity contribution is -0.123. The molecular weight excluding hydrogens is 314 g/mol. The van der Waals surface area contributed by atoms with Gasteiger partial charge in [0.2, 0.25) is 5.91 Å². The molecule has 3 rings (SSSR count). The summed E-state index contributed by atoms with van der Waals surface area (Å²) in [5.41, 5.74) is 2.47. The molecule has 2 fully saturated rings. The highest BCUT2D eigenvalue weighted by molar-refractivity contribution is 5.78. The van der Waals surface area contributed by atoms with Crippen LogP contribution in [-0.2, 0) is 4.79 Å². The molecule has 0 spiro atoms. The van der Waals surface area contributed by atoms with Gasteiger partial charge in [-0.1, -0.05) is 29.8 Å². The number of aliphatic hydroxyl groups is 1. The molecule has 1 aliphatic heterocycles. The van der Waals surface area contributed by atoms with Crippen molar-refractivity contribution in [1.82, 2.24) is 15.1 Å². The van der Waals surface area contributed by atoms with Crippen LogP contribution in [0.1, 0.15) is 36.9 Å². The Morgan fingerprint density at radius 1 is 1.16 bits per heavy atom. The van der Waals surface area contributed by atoms with Crippen molar-refractivity contribution in [2.24, 2.45) is 5.92 Å². The van der Waals surface area contributed by atoms with E-state index in [1.165, 1.54) is 24.0 Å². The number of amides is 1. The fourth-order valence-corrected chi connectivity index (χ4v) is 3.60. The third kappa shape index (κ3) is 5.53. The van der Waals surface area contributed by atoms with Gasteiger partial charge in [-0.15, -0.1) is 0 Å². The molecule has 1 amide bonds. The molecule has 0 bridgehead atoms. The number of hydrogen-bond donors (Lipinski definition) is 2. The quantitative estimate of drug-likeness (QED) is 0.787. The highest BCUT2D eigenvalue weighted by Crippen LogP contribution is 2.41. The number of aliphatic hydroxyl groups excluding tert-OH is 1. The smallest absolute Gasteiger partial charge is 0.234 e. The van der Waals surface area contributed by atoms with Gasteiger partial charge in [0.05, 0.1) is 18.7 Å². The fourth-order valence-electron chi connectivity index (χ4n) is 3.60. The van der Waals surface area contributed by atoms with E-state index in [1.54, 1.807) is 0 Å². The van der Waals surface area contributed by atoms with Crippen molar-refractivity contribution in [1.29, 1.82) is 0 Å². The summed E-state index contributed by atoms with van der Waals surface area (Å²) >= 11 is 0. The fraction of sp³-hybridized carbons (Fsp3) is 0.650. The largest absolute Gasteiger partial charge is 0.392 e. The third-order valence-electron chi connectivity index (χ3n) is 5.20. The zero-order valence-electron chi connectivity index (χ0n) is 15.4. The first kappa shape index (κ1) is 18.4. The molecule has 1 aromatic rings. The molecule has 25 heavy (non-hydrogen) atoms. The zero-order chi connectivity index (χ0) is 17.8. The van der Waals surface area contributed by atoms with E-state index in [0.29, 0.717) is 12.5 Å². The Kier molecular flexibility index (Phi) is 6.10. The van der Waals surface area contributed by atoms with Crippen LogP contribution >= 0.6 is 0 Å². The molecule has 1 aromatic carbocycles. The first-order chi connectivity index (χ1) is 12.0. The Labute approximate surface area is 151 Å². The molecule has 1 heterocycles. The number of benzene rings is 1. The number of carbonyl (C=O) groups is 1. The van der Waals surface area contributed by atoms with E-state index < -0.39 is 0 Å². The number of nitrogens with one attached hydrogen (secondary N) is 1. The summed E-state index contributed by atoms with van der Waals surface area (Å²) in [6, 6.07) is 8.70. The van der Waals surface area contributed by atoms with E-state index in [-0.39, 0.29) is 18.1 Å². The molecule has 2 aliphatic rings. The summed E-state index contributed by atoms with van der Waals surface area (Å²) in [7, 11) is 0. The molecule has 5 nitrogen and oxygen atoms in total. The van der Waals surface area contributed by atoms with Crippen LogP contribution < -0.4 is 5.32 Å². The molecule has 5 heteroatoms. The van der Waals surface area contributed by atoms with Gasteiger partial charge >= 0.3 is 0 Å². The first-order valence-corrected chi connectivity index (χ1v) is 9.50. The molecular formula is C20H31N3O2. The molecule has 0 unspecified atom stereocenters. The summed E-state index contributed by atoms with van der Waals surface area (Å²) in [4.78, 5) is 17.0. The van der Waals surface area contributed by atoms with Gasteiger partial charge < -0.3 is 10.4 Å². The number of rotatable bonds is 7. The second-order valence-electron chi connectivity index (χ2n) is 7.72. The molecule has 2 N–H and O–H groups in total. The van der Waals surface area contributed by atoms with Gasteiger partial charge in [-0.25, -0.2) is 0 Å². The summed E-state index contributed by atoms with van der Waals surface area (Å²) < 4.78 is 0. The van der Waals surface area contributed by atoms with Gasteiger partial charge in [0.25, 0.3) is 0 Å². The van der Waals surface area contributed by atoms with Crippen LogP contribution in [0.5, 0.6) is 0 Å². The monoisotopic (exact) mass is 345 g/mol. The minimum absolute atomic E-state index is 0.126. The average molecular weight is 345 g/mol. The highest BCUT2D eigenvalue weighted by atomic mass is 16.3. The van der Waals surface area contributed by atoms with E-state index in [0.717, 1.165) is 32.7 Å². The Morgan fingerprint density at radius 2 is 1.76 bits per heavy atom. The number of piperazine rings is 1. The first-order valence-electron chi connectivity index (χ1n) is 9.50. The number of hydrogen-bond acceptors (Lipinski definition) is 4. The number of carbonyl (C=O) groups excluding carboxylic acids is 1. The average Bonchev–Trinajstić information content (AvgIpc) is 3.40. The molecule has 138 valence electrons. The van der Waals surface area contributed by atoms with Crippen molar-refractivity contribution in [3.63, 3.8) is 0 Å². The Morgan fingerprint density at radius 3 is 2.32 bits per heavy atom. The van der Waals surface area contributed by atoms with Gasteiger partial charge in [0.15, 0.2) is 0 Å². The van der Waals surface area contributed by atoms with Crippen molar-refractivity contribution in [3.8, 4) is 0 Å². The van der Waals surface area contributed by atoms with Crippen LogP contribution in [0, 0.1) is 12.8 Å². The highest BCUT2D eigenvalue weighted by Gasteiger charge is 2.33. The third-order valence-corrected chi connectivity index (χ3v) is 5.20. The van der Waals surface area contributed by atoms with Crippen molar-refractivity contribution >= 4 is 5.91 Å². The normalized spacial score (nSPS) is 21.7. The summed E-state index contributed by atoms with van der Waals surface area (Å²) in [5, 5.41) is 12.8. The molecule has 1 aliphatic carbocycles. The van der Waals surface area contributed by atoms with E-state index >= 15 is 0 Å². The van der Waals surface area contributed by atoms with E-state index in [1.807, 2.05) is 6.92 Å². The Hall–Kier alpha value is -1.43. The minimum atomic E-state index is -0.288. The number of β-amino-alcohol motifs (C(OH)–C–C–N with tert-alkyl or cyclic N) is 1. The predicted octanol–water partition coefficient (Wildman–Crippen LogP) is 1.56.